The zero-order chi connectivity index (χ0) is 13.8. The maximum Gasteiger partial charge on any atom is 0.337 e. The van der Waals surface area contributed by atoms with Crippen molar-refractivity contribution in [1.29, 1.82) is 0 Å². The molecule has 0 unspecified atom stereocenters. The van der Waals surface area contributed by atoms with Crippen LogP contribution < -0.4 is 0 Å². The zero-order valence-corrected chi connectivity index (χ0v) is 10.8. The average molecular weight is 254 g/mol. The normalized spacial score (nSPS) is 10.0. The molecule has 0 spiro atoms. The van der Waals surface area contributed by atoms with Gasteiger partial charge in [0, 0.05) is 5.56 Å². The first kappa shape index (κ1) is 13.0. The number of carbonyl (C=O) groups excluding carboxylic acids is 2. The summed E-state index contributed by atoms with van der Waals surface area (Å²) >= 11 is 0. The quantitative estimate of drug-likeness (QED) is 0.623. The van der Waals surface area contributed by atoms with Crippen molar-refractivity contribution >= 4 is 11.8 Å². The lowest BCUT2D eigenvalue weighted by Gasteiger charge is -2.05. The Morgan fingerprint density at radius 2 is 1.58 bits per heavy atom. The summed E-state index contributed by atoms with van der Waals surface area (Å²) in [7, 11) is 1.36. The molecule has 0 aliphatic carbocycles. The molecule has 0 fully saturated rings. The standard InChI is InChI=1S/C16H14O3/c1-11(17)12-6-8-13(9-7-12)14-4-3-5-15(10-14)16(18)19-2/h3-10H,1-2H3. The van der Waals surface area contributed by atoms with Crippen LogP contribution in [0.3, 0.4) is 0 Å². The Bertz CT molecular complexity index is 612. The molecule has 0 amide bonds. The third-order valence-electron chi connectivity index (χ3n) is 2.91. The van der Waals surface area contributed by atoms with E-state index in [1.54, 1.807) is 30.3 Å². The average Bonchev–Trinajstić information content (AvgIpc) is 2.46. The summed E-state index contributed by atoms with van der Waals surface area (Å²) in [5, 5.41) is 0. The van der Waals surface area contributed by atoms with Crippen LogP contribution in [0.25, 0.3) is 11.1 Å². The predicted molar refractivity (Wildman–Crippen MR) is 73.2 cm³/mol. The van der Waals surface area contributed by atoms with Crippen molar-refractivity contribution in [3.8, 4) is 11.1 Å². The number of rotatable bonds is 3. The lowest BCUT2D eigenvalue weighted by atomic mass is 10.0. The van der Waals surface area contributed by atoms with Crippen LogP contribution in [-0.2, 0) is 4.74 Å². The molecule has 3 nitrogen and oxygen atoms in total. The number of benzene rings is 2. The lowest BCUT2D eigenvalue weighted by molar-refractivity contribution is 0.0600. The van der Waals surface area contributed by atoms with Gasteiger partial charge in [-0.05, 0) is 30.2 Å². The monoisotopic (exact) mass is 254 g/mol. The summed E-state index contributed by atoms with van der Waals surface area (Å²) in [6.07, 6.45) is 0. The molecule has 2 aromatic carbocycles. The van der Waals surface area contributed by atoms with E-state index in [-0.39, 0.29) is 11.8 Å². The highest BCUT2D eigenvalue weighted by molar-refractivity contribution is 5.94. The number of hydrogen-bond acceptors (Lipinski definition) is 3. The van der Waals surface area contributed by atoms with Crippen LogP contribution in [0.2, 0.25) is 0 Å². The fourth-order valence-corrected chi connectivity index (χ4v) is 1.84. The summed E-state index contributed by atoms with van der Waals surface area (Å²) in [5.74, 6) is -0.322. The minimum Gasteiger partial charge on any atom is -0.465 e. The van der Waals surface area contributed by atoms with Gasteiger partial charge in [0.25, 0.3) is 0 Å². The van der Waals surface area contributed by atoms with Crippen molar-refractivity contribution in [2.45, 2.75) is 6.92 Å². The van der Waals surface area contributed by atoms with Crippen molar-refractivity contribution in [1.82, 2.24) is 0 Å². The number of hydrogen-bond donors (Lipinski definition) is 0. The van der Waals surface area contributed by atoms with E-state index in [1.807, 2.05) is 18.2 Å². The van der Waals surface area contributed by atoms with Gasteiger partial charge in [0.1, 0.15) is 0 Å². The molecule has 0 bridgehead atoms. The van der Waals surface area contributed by atoms with Crippen molar-refractivity contribution in [2.24, 2.45) is 0 Å². The van der Waals surface area contributed by atoms with Gasteiger partial charge < -0.3 is 4.74 Å². The lowest BCUT2D eigenvalue weighted by Crippen LogP contribution is -2.00. The second kappa shape index (κ2) is 5.48. The fraction of sp³-hybridized carbons (Fsp3) is 0.125. The Morgan fingerprint density at radius 1 is 0.895 bits per heavy atom. The first-order chi connectivity index (χ1) is 9.11. The van der Waals surface area contributed by atoms with Crippen molar-refractivity contribution in [3.05, 3.63) is 59.7 Å². The summed E-state index contributed by atoms with van der Waals surface area (Å²) < 4.78 is 4.69. The second-order valence-corrected chi connectivity index (χ2v) is 4.21. The van der Waals surface area contributed by atoms with Gasteiger partial charge in [0.05, 0.1) is 12.7 Å². The van der Waals surface area contributed by atoms with Gasteiger partial charge in [0.15, 0.2) is 5.78 Å². The molecule has 0 aliphatic heterocycles. The Morgan fingerprint density at radius 3 is 2.16 bits per heavy atom. The molecule has 0 atom stereocenters. The summed E-state index contributed by atoms with van der Waals surface area (Å²) in [6, 6.07) is 14.5. The molecular formula is C16H14O3. The second-order valence-electron chi connectivity index (χ2n) is 4.21. The van der Waals surface area contributed by atoms with Crippen LogP contribution in [0.4, 0.5) is 0 Å². The molecule has 0 radical (unpaired) electrons. The van der Waals surface area contributed by atoms with Crippen LogP contribution in [0.15, 0.2) is 48.5 Å². The Hall–Kier alpha value is -2.42. The summed E-state index contributed by atoms with van der Waals surface area (Å²) in [5.41, 5.74) is 3.05. The zero-order valence-electron chi connectivity index (χ0n) is 10.8. The van der Waals surface area contributed by atoms with Gasteiger partial charge in [-0.1, -0.05) is 36.4 Å². The van der Waals surface area contributed by atoms with Gasteiger partial charge in [-0.3, -0.25) is 4.79 Å². The Balaban J connectivity index is 2.36. The molecule has 3 heteroatoms. The van der Waals surface area contributed by atoms with Crippen LogP contribution in [-0.4, -0.2) is 18.9 Å². The summed E-state index contributed by atoms with van der Waals surface area (Å²) in [6.45, 7) is 1.53. The highest BCUT2D eigenvalue weighted by atomic mass is 16.5. The highest BCUT2D eigenvalue weighted by Gasteiger charge is 2.07. The largest absolute Gasteiger partial charge is 0.465 e. The summed E-state index contributed by atoms with van der Waals surface area (Å²) in [4.78, 5) is 22.7. The van der Waals surface area contributed by atoms with Crippen molar-refractivity contribution in [3.63, 3.8) is 0 Å². The van der Waals surface area contributed by atoms with Gasteiger partial charge in [-0.25, -0.2) is 4.79 Å². The van der Waals surface area contributed by atoms with E-state index in [1.165, 1.54) is 14.0 Å². The van der Waals surface area contributed by atoms with Crippen molar-refractivity contribution < 1.29 is 14.3 Å². The predicted octanol–water partition coefficient (Wildman–Crippen LogP) is 3.34. The molecule has 19 heavy (non-hydrogen) atoms. The topological polar surface area (TPSA) is 43.4 Å². The smallest absolute Gasteiger partial charge is 0.337 e. The maximum atomic E-state index is 11.5. The fourth-order valence-electron chi connectivity index (χ4n) is 1.84. The number of esters is 1. The van der Waals surface area contributed by atoms with E-state index in [2.05, 4.69) is 0 Å². The molecule has 96 valence electrons. The highest BCUT2D eigenvalue weighted by Crippen LogP contribution is 2.21. The van der Waals surface area contributed by atoms with Crippen LogP contribution in [0, 0.1) is 0 Å². The molecular weight excluding hydrogens is 240 g/mol. The first-order valence-electron chi connectivity index (χ1n) is 5.91. The Labute approximate surface area is 111 Å². The first-order valence-corrected chi connectivity index (χ1v) is 5.91. The minimum atomic E-state index is -0.359. The molecule has 0 heterocycles. The molecule has 0 aliphatic rings. The molecule has 2 rings (SSSR count). The third-order valence-corrected chi connectivity index (χ3v) is 2.91. The number of ether oxygens (including phenoxy) is 1. The van der Waals surface area contributed by atoms with Crippen LogP contribution in [0.5, 0.6) is 0 Å². The van der Waals surface area contributed by atoms with E-state index in [0.29, 0.717) is 11.1 Å². The van der Waals surface area contributed by atoms with Crippen molar-refractivity contribution in [2.75, 3.05) is 7.11 Å². The van der Waals surface area contributed by atoms with E-state index < -0.39 is 0 Å². The van der Waals surface area contributed by atoms with Gasteiger partial charge in [-0.15, -0.1) is 0 Å². The number of Topliss-reactive ketones (excluding diaryl/α,β-unsaturated/α-hetero) is 1. The maximum absolute atomic E-state index is 11.5. The number of methoxy groups -OCH3 is 1. The van der Waals surface area contributed by atoms with Gasteiger partial charge in [-0.2, -0.15) is 0 Å². The number of carbonyl (C=O) groups is 2. The van der Waals surface area contributed by atoms with E-state index in [0.717, 1.165) is 11.1 Å². The van der Waals surface area contributed by atoms with Crippen LogP contribution >= 0.6 is 0 Å². The number of ketones is 1. The third kappa shape index (κ3) is 2.88. The Kier molecular flexibility index (Phi) is 3.76. The van der Waals surface area contributed by atoms with E-state index in [4.69, 9.17) is 4.74 Å². The molecule has 0 aromatic heterocycles. The molecule has 2 aromatic rings. The SMILES string of the molecule is COC(=O)c1cccc(-c2ccc(C(C)=O)cc2)c1. The van der Waals surface area contributed by atoms with E-state index in [9.17, 15) is 9.59 Å². The molecule has 0 saturated carbocycles. The van der Waals surface area contributed by atoms with Crippen LogP contribution in [0.1, 0.15) is 27.6 Å². The molecule has 0 saturated heterocycles. The molecule has 0 N–H and O–H groups in total. The van der Waals surface area contributed by atoms with Gasteiger partial charge >= 0.3 is 5.97 Å². The van der Waals surface area contributed by atoms with Gasteiger partial charge in [0.2, 0.25) is 0 Å². The van der Waals surface area contributed by atoms with E-state index >= 15 is 0 Å². The minimum absolute atomic E-state index is 0.0369.